The van der Waals surface area contributed by atoms with Crippen molar-refractivity contribution in [1.29, 1.82) is 0 Å². The third-order valence-corrected chi connectivity index (χ3v) is 2.97. The van der Waals surface area contributed by atoms with Crippen LogP contribution >= 0.6 is 0 Å². The van der Waals surface area contributed by atoms with Gasteiger partial charge in [0.1, 0.15) is 0 Å². The number of rotatable bonds is 3. The third-order valence-electron chi connectivity index (χ3n) is 2.97. The Hall–Kier alpha value is -1.10. The number of likely N-dealkylation sites (tertiary alicyclic amines) is 1. The van der Waals surface area contributed by atoms with E-state index < -0.39 is 5.60 Å². The summed E-state index contributed by atoms with van der Waals surface area (Å²) in [4.78, 5) is 30.5. The number of amides is 2. The molecule has 0 bridgehead atoms. The van der Waals surface area contributed by atoms with Crippen molar-refractivity contribution >= 4 is 11.8 Å². The maximum atomic E-state index is 11.8. The van der Waals surface area contributed by atoms with Crippen LogP contribution in [0.25, 0.3) is 0 Å². The van der Waals surface area contributed by atoms with Crippen molar-refractivity contribution < 1.29 is 14.4 Å². The van der Waals surface area contributed by atoms with Crippen LogP contribution in [0.15, 0.2) is 0 Å². The molecule has 0 radical (unpaired) electrons. The number of nitrogens with zero attached hydrogens (tertiary/aromatic N) is 1. The average molecular weight is 240 g/mol. The monoisotopic (exact) mass is 240 g/mol. The number of carbonyl (C=O) groups excluding carboxylic acids is 2. The quantitative estimate of drug-likeness (QED) is 0.744. The fourth-order valence-corrected chi connectivity index (χ4v) is 1.93. The number of carbonyl (C=O) groups is 2. The van der Waals surface area contributed by atoms with Gasteiger partial charge in [-0.2, -0.15) is 0 Å². The van der Waals surface area contributed by atoms with Crippen LogP contribution in [0.4, 0.5) is 0 Å². The molecule has 2 rings (SSSR count). The minimum Gasteiger partial charge on any atom is -0.339 e. The van der Waals surface area contributed by atoms with Crippen molar-refractivity contribution in [2.75, 3.05) is 6.54 Å². The predicted octanol–water partition coefficient (Wildman–Crippen LogP) is 0.844. The molecule has 96 valence electrons. The zero-order valence-corrected chi connectivity index (χ0v) is 10.7. The van der Waals surface area contributed by atoms with Crippen molar-refractivity contribution in [1.82, 2.24) is 10.4 Å². The van der Waals surface area contributed by atoms with Crippen LogP contribution in [0, 0.1) is 5.92 Å². The summed E-state index contributed by atoms with van der Waals surface area (Å²) < 4.78 is 0. The molecule has 0 spiro atoms. The lowest BCUT2D eigenvalue weighted by Gasteiger charge is -2.20. The lowest BCUT2D eigenvalue weighted by molar-refractivity contribution is -0.149. The number of hydrogen-bond acceptors (Lipinski definition) is 3. The average Bonchev–Trinajstić information content (AvgIpc) is 2.98. The minimum atomic E-state index is -0.408. The Kier molecular flexibility index (Phi) is 3.12. The largest absolute Gasteiger partial charge is 0.339 e. The van der Waals surface area contributed by atoms with Crippen molar-refractivity contribution in [3.63, 3.8) is 0 Å². The van der Waals surface area contributed by atoms with Gasteiger partial charge in [-0.15, -0.1) is 0 Å². The van der Waals surface area contributed by atoms with Crippen molar-refractivity contribution in [2.45, 2.75) is 51.7 Å². The number of hydrogen-bond donors (Lipinski definition) is 1. The molecule has 1 unspecified atom stereocenters. The second-order valence-corrected chi connectivity index (χ2v) is 5.86. The summed E-state index contributed by atoms with van der Waals surface area (Å²) in [5.74, 6) is -0.342. The van der Waals surface area contributed by atoms with Gasteiger partial charge in [0.2, 0.25) is 11.8 Å². The maximum Gasteiger partial charge on any atom is 0.248 e. The second kappa shape index (κ2) is 4.29. The molecule has 1 N–H and O–H groups in total. The first-order valence-electron chi connectivity index (χ1n) is 6.14. The van der Waals surface area contributed by atoms with Gasteiger partial charge in [-0.3, -0.25) is 14.4 Å². The van der Waals surface area contributed by atoms with Crippen molar-refractivity contribution in [2.24, 2.45) is 5.92 Å². The van der Waals surface area contributed by atoms with E-state index in [0.29, 0.717) is 19.0 Å². The lowest BCUT2D eigenvalue weighted by Crippen LogP contribution is -2.38. The molecule has 5 nitrogen and oxygen atoms in total. The molecule has 0 aromatic carbocycles. The highest BCUT2D eigenvalue weighted by molar-refractivity contribution is 5.89. The van der Waals surface area contributed by atoms with E-state index in [1.165, 1.54) is 0 Å². The Morgan fingerprint density at radius 2 is 2.06 bits per heavy atom. The Labute approximate surface area is 101 Å². The summed E-state index contributed by atoms with van der Waals surface area (Å²) in [6, 6.07) is 0.392. The predicted molar refractivity (Wildman–Crippen MR) is 61.8 cm³/mol. The second-order valence-electron chi connectivity index (χ2n) is 5.86. The summed E-state index contributed by atoms with van der Waals surface area (Å²) >= 11 is 0. The summed E-state index contributed by atoms with van der Waals surface area (Å²) in [5.41, 5.74) is 2.04. The van der Waals surface area contributed by atoms with Crippen LogP contribution in [-0.4, -0.2) is 34.9 Å². The summed E-state index contributed by atoms with van der Waals surface area (Å²) in [6.45, 7) is 6.14. The van der Waals surface area contributed by atoms with E-state index >= 15 is 0 Å². The summed E-state index contributed by atoms with van der Waals surface area (Å²) in [5, 5.41) is 0. The zero-order chi connectivity index (χ0) is 12.6. The van der Waals surface area contributed by atoms with Crippen molar-refractivity contribution in [3.8, 4) is 0 Å². The molecule has 2 fully saturated rings. The highest BCUT2D eigenvalue weighted by Gasteiger charge is 2.41. The van der Waals surface area contributed by atoms with E-state index in [0.717, 1.165) is 12.8 Å². The molecule has 17 heavy (non-hydrogen) atoms. The normalized spacial score (nSPS) is 25.2. The van der Waals surface area contributed by atoms with Gasteiger partial charge < -0.3 is 4.90 Å². The molecule has 0 aromatic rings. The SMILES string of the molecule is CC(C)(C)ONC(=O)C1CC(=O)N(C2CC2)C1. The molecular formula is C12H20N2O3. The van der Waals surface area contributed by atoms with E-state index in [9.17, 15) is 9.59 Å². The molecule has 1 heterocycles. The van der Waals surface area contributed by atoms with Gasteiger partial charge in [0.05, 0.1) is 11.5 Å². The van der Waals surface area contributed by atoms with Crippen LogP contribution in [0.3, 0.4) is 0 Å². The smallest absolute Gasteiger partial charge is 0.248 e. The van der Waals surface area contributed by atoms with Crippen LogP contribution in [0.5, 0.6) is 0 Å². The maximum absolute atomic E-state index is 11.8. The van der Waals surface area contributed by atoms with Gasteiger partial charge in [-0.25, -0.2) is 5.48 Å². The van der Waals surface area contributed by atoms with Crippen LogP contribution in [-0.2, 0) is 14.4 Å². The Balaban J connectivity index is 1.83. The lowest BCUT2D eigenvalue weighted by atomic mass is 10.1. The highest BCUT2D eigenvalue weighted by atomic mass is 16.7. The molecule has 1 aliphatic heterocycles. The molecule has 2 amide bonds. The molecule has 5 heteroatoms. The molecule has 1 aliphatic carbocycles. The van der Waals surface area contributed by atoms with Gasteiger partial charge in [0.15, 0.2) is 0 Å². The number of nitrogens with one attached hydrogen (secondary N) is 1. The highest BCUT2D eigenvalue weighted by Crippen LogP contribution is 2.32. The van der Waals surface area contributed by atoms with E-state index in [2.05, 4.69) is 5.48 Å². The zero-order valence-electron chi connectivity index (χ0n) is 10.7. The van der Waals surface area contributed by atoms with Gasteiger partial charge in [0, 0.05) is 19.0 Å². The molecule has 2 aliphatic rings. The molecule has 0 aromatic heterocycles. The third kappa shape index (κ3) is 3.19. The fourth-order valence-electron chi connectivity index (χ4n) is 1.93. The first-order valence-corrected chi connectivity index (χ1v) is 6.14. The standard InChI is InChI=1S/C12H20N2O3/c1-12(2,3)17-13-11(16)8-6-10(15)14(7-8)9-4-5-9/h8-9H,4-7H2,1-3H3,(H,13,16). The van der Waals surface area contributed by atoms with Gasteiger partial charge >= 0.3 is 0 Å². The first-order chi connectivity index (χ1) is 7.87. The van der Waals surface area contributed by atoms with Gasteiger partial charge in [-0.1, -0.05) is 0 Å². The van der Waals surface area contributed by atoms with Crippen LogP contribution < -0.4 is 5.48 Å². The Morgan fingerprint density at radius 1 is 1.41 bits per heavy atom. The van der Waals surface area contributed by atoms with Crippen LogP contribution in [0.2, 0.25) is 0 Å². The molecule has 1 saturated heterocycles. The first kappa shape index (κ1) is 12.4. The number of hydroxylamine groups is 1. The van der Waals surface area contributed by atoms with E-state index in [-0.39, 0.29) is 17.7 Å². The van der Waals surface area contributed by atoms with Crippen LogP contribution in [0.1, 0.15) is 40.0 Å². The van der Waals surface area contributed by atoms with Crippen molar-refractivity contribution in [3.05, 3.63) is 0 Å². The summed E-state index contributed by atoms with van der Waals surface area (Å²) in [7, 11) is 0. The Morgan fingerprint density at radius 3 is 2.59 bits per heavy atom. The minimum absolute atomic E-state index is 0.100. The van der Waals surface area contributed by atoms with Gasteiger partial charge in [-0.05, 0) is 33.6 Å². The molecule has 1 saturated carbocycles. The molecular weight excluding hydrogens is 220 g/mol. The van der Waals surface area contributed by atoms with E-state index in [1.807, 2.05) is 25.7 Å². The molecule has 1 atom stereocenters. The summed E-state index contributed by atoms with van der Waals surface area (Å²) in [6.07, 6.45) is 2.48. The fraction of sp³-hybridized carbons (Fsp3) is 0.833. The topological polar surface area (TPSA) is 58.6 Å². The van der Waals surface area contributed by atoms with E-state index in [1.54, 1.807) is 0 Å². The van der Waals surface area contributed by atoms with Gasteiger partial charge in [0.25, 0.3) is 0 Å². The van der Waals surface area contributed by atoms with E-state index in [4.69, 9.17) is 4.84 Å². The Bertz CT molecular complexity index is 331.